The molecule has 0 aliphatic carbocycles. The topological polar surface area (TPSA) is 75.8 Å². The number of benzene rings is 3. The number of amides is 1. The first-order valence-electron chi connectivity index (χ1n) is 9.33. The van der Waals surface area contributed by atoms with Crippen LogP contribution >= 0.6 is 11.8 Å². The van der Waals surface area contributed by atoms with Crippen LogP contribution in [0.2, 0.25) is 0 Å². The molecule has 0 radical (unpaired) electrons. The van der Waals surface area contributed by atoms with Crippen molar-refractivity contribution in [2.75, 3.05) is 4.90 Å². The summed E-state index contributed by atoms with van der Waals surface area (Å²) in [6.45, 7) is 0. The number of anilines is 1. The Morgan fingerprint density at radius 3 is 2.39 bits per heavy atom. The fourth-order valence-corrected chi connectivity index (χ4v) is 4.08. The summed E-state index contributed by atoms with van der Waals surface area (Å²) in [5, 5.41) is 11.7. The zero-order valence-electron chi connectivity index (χ0n) is 16.1. The Kier molecular flexibility index (Phi) is 5.90. The minimum atomic E-state index is -0.435. The Bertz CT molecular complexity index is 1190. The molecule has 0 aromatic heterocycles. The first kappa shape index (κ1) is 20.5. The van der Waals surface area contributed by atoms with Crippen LogP contribution in [0.3, 0.4) is 0 Å². The molecule has 1 amide bonds. The van der Waals surface area contributed by atoms with Gasteiger partial charge in [-0.2, -0.15) is 0 Å². The number of nitro groups is 1. The van der Waals surface area contributed by atoms with Gasteiger partial charge in [0.2, 0.25) is 0 Å². The maximum atomic E-state index is 13.4. The maximum absolute atomic E-state index is 13.4. The van der Waals surface area contributed by atoms with Crippen molar-refractivity contribution in [1.82, 2.24) is 0 Å². The Labute approximate surface area is 181 Å². The third-order valence-electron chi connectivity index (χ3n) is 4.56. The van der Waals surface area contributed by atoms with Gasteiger partial charge in [0.1, 0.15) is 11.5 Å². The molecule has 154 valence electrons. The van der Waals surface area contributed by atoms with Crippen LogP contribution in [0.4, 0.5) is 15.8 Å². The van der Waals surface area contributed by atoms with E-state index in [9.17, 15) is 19.3 Å². The zero-order chi connectivity index (χ0) is 21.8. The van der Waals surface area contributed by atoms with Gasteiger partial charge in [0.25, 0.3) is 11.6 Å². The van der Waals surface area contributed by atoms with E-state index in [1.54, 1.807) is 24.3 Å². The second-order valence-electron chi connectivity index (χ2n) is 6.63. The number of rotatable bonds is 5. The molecule has 0 fully saturated rings. The van der Waals surface area contributed by atoms with Crippen LogP contribution in [0.25, 0.3) is 6.08 Å². The van der Waals surface area contributed by atoms with Crippen molar-refractivity contribution in [2.45, 2.75) is 5.75 Å². The van der Waals surface area contributed by atoms with Gasteiger partial charge in [-0.25, -0.2) is 9.38 Å². The molecule has 0 bridgehead atoms. The minimum absolute atomic E-state index is 0.00769. The van der Waals surface area contributed by atoms with E-state index in [4.69, 9.17) is 0 Å². The average Bonchev–Trinajstić information content (AvgIpc) is 3.08. The summed E-state index contributed by atoms with van der Waals surface area (Å²) >= 11 is 1.21. The molecular weight excluding hydrogens is 417 g/mol. The molecule has 3 aromatic rings. The molecule has 4 rings (SSSR count). The van der Waals surface area contributed by atoms with Gasteiger partial charge in [-0.15, -0.1) is 0 Å². The number of halogens is 1. The van der Waals surface area contributed by atoms with Crippen LogP contribution in [0, 0.1) is 15.9 Å². The number of para-hydroxylation sites is 1. The fraction of sp³-hybridized carbons (Fsp3) is 0.0435. The number of carbonyl (C=O) groups is 1. The fourth-order valence-electron chi connectivity index (χ4n) is 3.07. The molecule has 1 aliphatic heterocycles. The van der Waals surface area contributed by atoms with Gasteiger partial charge in [-0.1, -0.05) is 60.3 Å². The van der Waals surface area contributed by atoms with E-state index in [0.717, 1.165) is 5.56 Å². The highest BCUT2D eigenvalue weighted by molar-refractivity contribution is 8.13. The standard InChI is InChI=1S/C23H16FN3O3S/c24-18-10-12-19(13-11-18)26-22(28)20(14-16-6-2-1-3-7-16)25-23(26)31-15-17-8-4-5-9-21(17)27(29)30/h1-14H,15H2. The number of hydrogen-bond acceptors (Lipinski definition) is 5. The Balaban J connectivity index is 1.68. The highest BCUT2D eigenvalue weighted by atomic mass is 32.2. The molecule has 0 saturated heterocycles. The van der Waals surface area contributed by atoms with Gasteiger partial charge in [-0.3, -0.25) is 19.8 Å². The van der Waals surface area contributed by atoms with E-state index in [-0.39, 0.29) is 23.0 Å². The quantitative estimate of drug-likeness (QED) is 0.306. The van der Waals surface area contributed by atoms with E-state index in [0.29, 0.717) is 16.4 Å². The number of thioether (sulfide) groups is 1. The highest BCUT2D eigenvalue weighted by Gasteiger charge is 2.32. The van der Waals surface area contributed by atoms with E-state index in [2.05, 4.69) is 4.99 Å². The monoisotopic (exact) mass is 433 g/mol. The lowest BCUT2D eigenvalue weighted by molar-refractivity contribution is -0.385. The number of nitrogens with zero attached hydrogens (tertiary/aromatic N) is 3. The van der Waals surface area contributed by atoms with Crippen molar-refractivity contribution < 1.29 is 14.1 Å². The van der Waals surface area contributed by atoms with E-state index in [1.165, 1.54) is 47.0 Å². The van der Waals surface area contributed by atoms with Gasteiger partial charge in [-0.05, 0) is 35.9 Å². The Morgan fingerprint density at radius 2 is 1.68 bits per heavy atom. The van der Waals surface area contributed by atoms with Crippen LogP contribution in [-0.4, -0.2) is 16.0 Å². The summed E-state index contributed by atoms with van der Waals surface area (Å²) in [7, 11) is 0. The molecule has 6 nitrogen and oxygen atoms in total. The third-order valence-corrected chi connectivity index (χ3v) is 5.55. The van der Waals surface area contributed by atoms with Crippen molar-refractivity contribution in [3.05, 3.63) is 112 Å². The van der Waals surface area contributed by atoms with Crippen LogP contribution in [0.15, 0.2) is 89.6 Å². The van der Waals surface area contributed by atoms with Crippen molar-refractivity contribution in [1.29, 1.82) is 0 Å². The number of aliphatic imine (C=N–C) groups is 1. The number of carbonyl (C=O) groups excluding carboxylic acids is 1. The summed E-state index contributed by atoms with van der Waals surface area (Å²) in [5.41, 5.74) is 2.05. The first-order chi connectivity index (χ1) is 15.0. The molecule has 3 aromatic carbocycles. The predicted molar refractivity (Wildman–Crippen MR) is 120 cm³/mol. The summed E-state index contributed by atoms with van der Waals surface area (Å²) in [6.07, 6.45) is 1.68. The SMILES string of the molecule is O=C1C(=Cc2ccccc2)N=C(SCc2ccccc2[N+](=O)[O-])N1c1ccc(F)cc1. The normalized spacial score (nSPS) is 14.7. The van der Waals surface area contributed by atoms with Crippen LogP contribution in [0.1, 0.15) is 11.1 Å². The molecule has 8 heteroatoms. The lowest BCUT2D eigenvalue weighted by Gasteiger charge is -2.17. The van der Waals surface area contributed by atoms with E-state index >= 15 is 0 Å². The van der Waals surface area contributed by atoms with Gasteiger partial charge >= 0.3 is 0 Å². The van der Waals surface area contributed by atoms with E-state index < -0.39 is 10.7 Å². The van der Waals surface area contributed by atoms with Gasteiger partial charge in [0.05, 0.1) is 10.6 Å². The van der Waals surface area contributed by atoms with Crippen LogP contribution in [0.5, 0.6) is 0 Å². The molecule has 0 saturated carbocycles. The molecule has 0 unspecified atom stereocenters. The summed E-state index contributed by atoms with van der Waals surface area (Å²) in [5.74, 6) is -0.512. The molecule has 0 atom stereocenters. The Hall–Kier alpha value is -3.78. The van der Waals surface area contributed by atoms with Crippen LogP contribution < -0.4 is 4.90 Å². The van der Waals surface area contributed by atoms with Gasteiger partial charge in [0, 0.05) is 17.4 Å². The maximum Gasteiger partial charge on any atom is 0.283 e. The lowest BCUT2D eigenvalue weighted by atomic mass is 10.2. The molecule has 31 heavy (non-hydrogen) atoms. The van der Waals surface area contributed by atoms with Gasteiger partial charge < -0.3 is 0 Å². The summed E-state index contributed by atoms with van der Waals surface area (Å²) in [4.78, 5) is 29.9. The number of hydrogen-bond donors (Lipinski definition) is 0. The van der Waals surface area contributed by atoms with Crippen molar-refractivity contribution in [3.8, 4) is 0 Å². The van der Waals surface area contributed by atoms with Crippen LogP contribution in [-0.2, 0) is 10.5 Å². The molecule has 0 N–H and O–H groups in total. The number of amidine groups is 1. The summed E-state index contributed by atoms with van der Waals surface area (Å²) in [6, 6.07) is 21.3. The van der Waals surface area contributed by atoms with Gasteiger partial charge in [0.15, 0.2) is 5.17 Å². The highest BCUT2D eigenvalue weighted by Crippen LogP contribution is 2.32. The molecule has 1 aliphatic rings. The first-order valence-corrected chi connectivity index (χ1v) is 10.3. The second-order valence-corrected chi connectivity index (χ2v) is 7.57. The largest absolute Gasteiger partial charge is 0.283 e. The van der Waals surface area contributed by atoms with Crippen molar-refractivity contribution in [2.24, 2.45) is 4.99 Å². The zero-order valence-corrected chi connectivity index (χ0v) is 17.0. The second kappa shape index (κ2) is 8.93. The molecule has 0 spiro atoms. The molecule has 1 heterocycles. The van der Waals surface area contributed by atoms with E-state index in [1.807, 2.05) is 30.3 Å². The lowest BCUT2D eigenvalue weighted by Crippen LogP contribution is -2.30. The average molecular weight is 433 g/mol. The predicted octanol–water partition coefficient (Wildman–Crippen LogP) is 5.41. The van der Waals surface area contributed by atoms with Crippen molar-refractivity contribution >= 4 is 40.3 Å². The minimum Gasteiger partial charge on any atom is -0.266 e. The Morgan fingerprint density at radius 1 is 1.00 bits per heavy atom. The number of nitro benzene ring substituents is 1. The smallest absolute Gasteiger partial charge is 0.266 e. The molecular formula is C23H16FN3O3S. The van der Waals surface area contributed by atoms with Crippen molar-refractivity contribution in [3.63, 3.8) is 0 Å². The third kappa shape index (κ3) is 4.54. The summed E-state index contributed by atoms with van der Waals surface area (Å²) < 4.78 is 13.4.